The Labute approximate surface area is 95.0 Å². The van der Waals surface area contributed by atoms with Crippen LogP contribution in [0.1, 0.15) is 19.8 Å². The summed E-state index contributed by atoms with van der Waals surface area (Å²) >= 11 is 0. The fourth-order valence-electron chi connectivity index (χ4n) is 1.88. The standard InChI is InChI=1S/C11H18O5/c1-10-6-14-5-9(12)3-4-11(13-2,15-7-10)16-8-10/h3-8H2,1-2H3. The van der Waals surface area contributed by atoms with Crippen LogP contribution in [0.25, 0.3) is 0 Å². The van der Waals surface area contributed by atoms with Crippen LogP contribution < -0.4 is 0 Å². The first-order chi connectivity index (χ1) is 7.58. The van der Waals surface area contributed by atoms with Crippen molar-refractivity contribution in [1.82, 2.24) is 0 Å². The molecule has 5 heteroatoms. The summed E-state index contributed by atoms with van der Waals surface area (Å²) in [6.07, 6.45) is 0.770. The van der Waals surface area contributed by atoms with E-state index >= 15 is 0 Å². The molecule has 0 aromatic rings. The smallest absolute Gasteiger partial charge is 0.283 e. The van der Waals surface area contributed by atoms with Gasteiger partial charge in [0.15, 0.2) is 5.78 Å². The number of carbonyl (C=O) groups is 1. The van der Waals surface area contributed by atoms with Crippen molar-refractivity contribution in [1.29, 1.82) is 0 Å². The third-order valence-corrected chi connectivity index (χ3v) is 3.02. The van der Waals surface area contributed by atoms with Gasteiger partial charge in [0.25, 0.3) is 5.97 Å². The van der Waals surface area contributed by atoms with E-state index in [2.05, 4.69) is 0 Å². The molecule has 0 amide bonds. The summed E-state index contributed by atoms with van der Waals surface area (Å²) in [6.45, 7) is 3.71. The molecule has 0 aromatic heterocycles. The fraction of sp³-hybridized carbons (Fsp3) is 0.909. The van der Waals surface area contributed by atoms with E-state index in [0.717, 1.165) is 0 Å². The molecule has 3 saturated heterocycles. The van der Waals surface area contributed by atoms with Gasteiger partial charge in [0, 0.05) is 25.4 Å². The van der Waals surface area contributed by atoms with Gasteiger partial charge in [-0.05, 0) is 0 Å². The van der Waals surface area contributed by atoms with E-state index in [0.29, 0.717) is 32.7 Å². The van der Waals surface area contributed by atoms with Crippen LogP contribution in [0, 0.1) is 5.41 Å². The first-order valence-electron chi connectivity index (χ1n) is 5.50. The number of carbonyl (C=O) groups excluding carboxylic acids is 1. The Bertz CT molecular complexity index is 268. The molecule has 0 unspecified atom stereocenters. The van der Waals surface area contributed by atoms with Crippen molar-refractivity contribution in [3.8, 4) is 0 Å². The van der Waals surface area contributed by atoms with Gasteiger partial charge in [0.2, 0.25) is 0 Å². The Morgan fingerprint density at radius 2 is 1.94 bits per heavy atom. The summed E-state index contributed by atoms with van der Waals surface area (Å²) in [6, 6.07) is 0. The first-order valence-corrected chi connectivity index (χ1v) is 5.50. The number of rotatable bonds is 1. The van der Waals surface area contributed by atoms with Crippen molar-refractivity contribution >= 4 is 5.78 Å². The van der Waals surface area contributed by atoms with Crippen molar-refractivity contribution in [3.63, 3.8) is 0 Å². The Balaban J connectivity index is 2.11. The second-order valence-corrected chi connectivity index (χ2v) is 4.81. The molecule has 0 spiro atoms. The third kappa shape index (κ3) is 2.43. The average Bonchev–Trinajstić information content (AvgIpc) is 2.29. The predicted molar refractivity (Wildman–Crippen MR) is 54.8 cm³/mol. The van der Waals surface area contributed by atoms with Crippen molar-refractivity contribution < 1.29 is 23.7 Å². The minimum absolute atomic E-state index is 0.0553. The lowest BCUT2D eigenvalue weighted by Crippen LogP contribution is -2.52. The number of Topliss-reactive ketones (excluding diaryl/α,β-unsaturated/α-hetero) is 1. The number of ketones is 1. The van der Waals surface area contributed by atoms with Gasteiger partial charge in [-0.2, -0.15) is 0 Å². The Kier molecular flexibility index (Phi) is 3.30. The van der Waals surface area contributed by atoms with Crippen LogP contribution in [0.5, 0.6) is 0 Å². The fourth-order valence-corrected chi connectivity index (χ4v) is 1.88. The number of ether oxygens (including phenoxy) is 4. The molecule has 3 aliphatic heterocycles. The topological polar surface area (TPSA) is 54.0 Å². The van der Waals surface area contributed by atoms with Crippen molar-refractivity contribution in [2.75, 3.05) is 33.5 Å². The van der Waals surface area contributed by atoms with E-state index in [-0.39, 0.29) is 17.8 Å². The lowest BCUT2D eigenvalue weighted by Gasteiger charge is -2.43. The van der Waals surface area contributed by atoms with E-state index in [1.165, 1.54) is 7.11 Å². The van der Waals surface area contributed by atoms with Crippen molar-refractivity contribution in [2.24, 2.45) is 5.41 Å². The maximum absolute atomic E-state index is 11.4. The number of methoxy groups -OCH3 is 1. The van der Waals surface area contributed by atoms with Crippen LogP contribution in [-0.2, 0) is 23.7 Å². The Morgan fingerprint density at radius 1 is 1.25 bits per heavy atom. The van der Waals surface area contributed by atoms with E-state index in [1.807, 2.05) is 6.92 Å². The largest absolute Gasteiger partial charge is 0.373 e. The molecule has 92 valence electrons. The first kappa shape index (κ1) is 12.0. The van der Waals surface area contributed by atoms with E-state index in [1.54, 1.807) is 0 Å². The highest BCUT2D eigenvalue weighted by Gasteiger charge is 2.44. The van der Waals surface area contributed by atoms with Gasteiger partial charge in [0.1, 0.15) is 6.61 Å². The molecule has 3 rings (SSSR count). The summed E-state index contributed by atoms with van der Waals surface area (Å²) in [5.74, 6) is -0.980. The summed E-state index contributed by atoms with van der Waals surface area (Å²) in [5, 5.41) is 0. The molecule has 2 bridgehead atoms. The molecule has 3 fully saturated rings. The zero-order valence-electron chi connectivity index (χ0n) is 9.78. The van der Waals surface area contributed by atoms with Crippen LogP contribution in [-0.4, -0.2) is 45.3 Å². The van der Waals surface area contributed by atoms with Gasteiger partial charge in [-0.3, -0.25) is 4.79 Å². The van der Waals surface area contributed by atoms with E-state index in [4.69, 9.17) is 18.9 Å². The second-order valence-electron chi connectivity index (χ2n) is 4.81. The van der Waals surface area contributed by atoms with Gasteiger partial charge >= 0.3 is 0 Å². The molecule has 0 aliphatic carbocycles. The maximum atomic E-state index is 11.4. The molecule has 0 N–H and O–H groups in total. The van der Waals surface area contributed by atoms with E-state index < -0.39 is 5.97 Å². The van der Waals surface area contributed by atoms with Gasteiger partial charge in [-0.25, -0.2) is 0 Å². The highest BCUT2D eigenvalue weighted by atomic mass is 16.9. The number of fused-ring (bicyclic) bond motifs is 7. The Hall–Kier alpha value is -0.490. The van der Waals surface area contributed by atoms with Crippen LogP contribution >= 0.6 is 0 Å². The summed E-state index contributed by atoms with van der Waals surface area (Å²) in [4.78, 5) is 11.4. The molecular formula is C11H18O5. The predicted octanol–water partition coefficient (Wildman–Crippen LogP) is 0.719. The summed E-state index contributed by atoms with van der Waals surface area (Å²) < 4.78 is 21.9. The number of hydrogen-bond acceptors (Lipinski definition) is 5. The molecule has 0 saturated carbocycles. The lowest BCUT2D eigenvalue weighted by molar-refractivity contribution is -0.415. The second kappa shape index (κ2) is 4.41. The summed E-state index contributed by atoms with van der Waals surface area (Å²) in [7, 11) is 1.54. The Morgan fingerprint density at radius 3 is 2.56 bits per heavy atom. The maximum Gasteiger partial charge on any atom is 0.283 e. The molecule has 0 atom stereocenters. The molecule has 3 aliphatic rings. The zero-order valence-corrected chi connectivity index (χ0v) is 9.78. The van der Waals surface area contributed by atoms with Gasteiger partial charge in [-0.15, -0.1) is 0 Å². The van der Waals surface area contributed by atoms with E-state index in [9.17, 15) is 4.79 Å². The van der Waals surface area contributed by atoms with Crippen LogP contribution in [0.4, 0.5) is 0 Å². The molecular weight excluding hydrogens is 212 g/mol. The zero-order chi connectivity index (χ0) is 11.6. The minimum atomic E-state index is -1.04. The van der Waals surface area contributed by atoms with Crippen molar-refractivity contribution in [2.45, 2.75) is 25.7 Å². The highest BCUT2D eigenvalue weighted by molar-refractivity contribution is 5.79. The SMILES string of the molecule is COC12CCC(=O)COCC(C)(CO1)CO2. The van der Waals surface area contributed by atoms with Crippen molar-refractivity contribution in [3.05, 3.63) is 0 Å². The molecule has 0 radical (unpaired) electrons. The van der Waals surface area contributed by atoms with Gasteiger partial charge < -0.3 is 18.9 Å². The number of hydrogen-bond donors (Lipinski definition) is 0. The highest BCUT2D eigenvalue weighted by Crippen LogP contribution is 2.34. The quantitative estimate of drug-likeness (QED) is 0.664. The van der Waals surface area contributed by atoms with Gasteiger partial charge in [0.05, 0.1) is 19.8 Å². The third-order valence-electron chi connectivity index (χ3n) is 3.02. The molecule has 3 heterocycles. The summed E-state index contributed by atoms with van der Waals surface area (Å²) in [5.41, 5.74) is -0.195. The minimum Gasteiger partial charge on any atom is -0.373 e. The van der Waals surface area contributed by atoms with Crippen LogP contribution in [0.15, 0.2) is 0 Å². The lowest BCUT2D eigenvalue weighted by atomic mass is 9.93. The average molecular weight is 230 g/mol. The monoisotopic (exact) mass is 230 g/mol. The van der Waals surface area contributed by atoms with Crippen LogP contribution in [0.2, 0.25) is 0 Å². The normalized spacial score (nSPS) is 41.0. The molecule has 5 nitrogen and oxygen atoms in total. The van der Waals surface area contributed by atoms with Gasteiger partial charge in [-0.1, -0.05) is 6.92 Å². The molecule has 0 aromatic carbocycles. The molecule has 16 heavy (non-hydrogen) atoms. The van der Waals surface area contributed by atoms with Crippen LogP contribution in [0.3, 0.4) is 0 Å².